The van der Waals surface area contributed by atoms with Crippen molar-refractivity contribution < 1.29 is 18.3 Å². The summed E-state index contributed by atoms with van der Waals surface area (Å²) in [5.41, 5.74) is 0.357. The highest BCUT2D eigenvalue weighted by Crippen LogP contribution is 2.23. The molecule has 3 nitrogen and oxygen atoms in total. The number of hydrogen-bond acceptors (Lipinski definition) is 3. The van der Waals surface area contributed by atoms with Crippen molar-refractivity contribution >= 4 is 5.82 Å². The van der Waals surface area contributed by atoms with Gasteiger partial charge in [-0.3, -0.25) is 0 Å². The molecule has 0 aliphatic rings. The highest BCUT2D eigenvalue weighted by atomic mass is 19.4. The van der Waals surface area contributed by atoms with Gasteiger partial charge in [0.15, 0.2) is 6.10 Å². The first kappa shape index (κ1) is 12.8. The number of alkyl halides is 3. The molecule has 0 saturated heterocycles. The lowest BCUT2D eigenvalue weighted by Gasteiger charge is -2.15. The van der Waals surface area contributed by atoms with Crippen LogP contribution in [0.15, 0.2) is 18.3 Å². The third-order valence-electron chi connectivity index (χ3n) is 2.07. The van der Waals surface area contributed by atoms with E-state index in [1.54, 1.807) is 25.1 Å². The van der Waals surface area contributed by atoms with Gasteiger partial charge in [-0.2, -0.15) is 13.2 Å². The molecule has 1 heterocycles. The number of pyridine rings is 1. The van der Waals surface area contributed by atoms with Gasteiger partial charge in [-0.1, -0.05) is 6.07 Å². The second-order valence-electron chi connectivity index (χ2n) is 3.68. The molecule has 0 saturated carbocycles. The Morgan fingerprint density at radius 3 is 2.38 bits per heavy atom. The average molecular weight is 234 g/mol. The zero-order chi connectivity index (χ0) is 12.3. The van der Waals surface area contributed by atoms with Gasteiger partial charge < -0.3 is 10.0 Å². The standard InChI is InChI=1S/C10H13F3N2O/c1-15(2)9-4-3-7(6-14-9)5-8(16)10(11,12)13/h3-4,6,8,16H,5H2,1-2H3. The SMILES string of the molecule is CN(C)c1ccc(CC(O)C(F)(F)F)cn1. The topological polar surface area (TPSA) is 36.4 Å². The molecule has 90 valence electrons. The molecule has 0 aromatic carbocycles. The fourth-order valence-corrected chi connectivity index (χ4v) is 1.14. The quantitative estimate of drug-likeness (QED) is 0.863. The predicted molar refractivity (Wildman–Crippen MR) is 54.3 cm³/mol. The number of aliphatic hydroxyl groups is 1. The van der Waals surface area contributed by atoms with E-state index in [0.717, 1.165) is 0 Å². The Morgan fingerprint density at radius 2 is 2.00 bits per heavy atom. The first-order valence-electron chi connectivity index (χ1n) is 4.67. The lowest BCUT2D eigenvalue weighted by molar-refractivity contribution is -0.203. The third-order valence-corrected chi connectivity index (χ3v) is 2.07. The Hall–Kier alpha value is -1.30. The zero-order valence-corrected chi connectivity index (χ0v) is 8.99. The molecule has 0 bridgehead atoms. The van der Waals surface area contributed by atoms with Gasteiger partial charge in [0.2, 0.25) is 0 Å². The molecular formula is C10H13F3N2O. The fraction of sp³-hybridized carbons (Fsp3) is 0.500. The molecule has 16 heavy (non-hydrogen) atoms. The molecule has 0 radical (unpaired) electrons. The Balaban J connectivity index is 2.69. The van der Waals surface area contributed by atoms with Crippen LogP contribution >= 0.6 is 0 Å². The van der Waals surface area contributed by atoms with Crippen LogP contribution in [0.5, 0.6) is 0 Å². The van der Waals surface area contributed by atoms with E-state index in [0.29, 0.717) is 11.4 Å². The molecule has 1 N–H and O–H groups in total. The zero-order valence-electron chi connectivity index (χ0n) is 8.99. The molecule has 1 aromatic rings. The maximum Gasteiger partial charge on any atom is 0.414 e. The van der Waals surface area contributed by atoms with Crippen molar-refractivity contribution in [1.82, 2.24) is 4.98 Å². The summed E-state index contributed by atoms with van der Waals surface area (Å²) >= 11 is 0. The van der Waals surface area contributed by atoms with E-state index in [1.165, 1.54) is 12.3 Å². The summed E-state index contributed by atoms with van der Waals surface area (Å²) < 4.78 is 36.2. The van der Waals surface area contributed by atoms with Crippen molar-refractivity contribution in [2.24, 2.45) is 0 Å². The van der Waals surface area contributed by atoms with Crippen LogP contribution < -0.4 is 4.90 Å². The van der Waals surface area contributed by atoms with E-state index < -0.39 is 18.7 Å². The van der Waals surface area contributed by atoms with Gasteiger partial charge in [-0.25, -0.2) is 4.98 Å². The van der Waals surface area contributed by atoms with Crippen LogP contribution in [0.4, 0.5) is 19.0 Å². The van der Waals surface area contributed by atoms with E-state index in [1.807, 2.05) is 0 Å². The number of rotatable bonds is 3. The van der Waals surface area contributed by atoms with Crippen molar-refractivity contribution in [2.75, 3.05) is 19.0 Å². The van der Waals surface area contributed by atoms with E-state index in [4.69, 9.17) is 5.11 Å². The van der Waals surface area contributed by atoms with Crippen LogP contribution in [0.1, 0.15) is 5.56 Å². The molecular weight excluding hydrogens is 221 g/mol. The van der Waals surface area contributed by atoms with Gasteiger partial charge in [-0.15, -0.1) is 0 Å². The van der Waals surface area contributed by atoms with Gasteiger partial charge >= 0.3 is 6.18 Å². The minimum Gasteiger partial charge on any atom is -0.383 e. The average Bonchev–Trinajstić information content (AvgIpc) is 2.17. The first-order valence-corrected chi connectivity index (χ1v) is 4.67. The van der Waals surface area contributed by atoms with Crippen LogP contribution in [0, 0.1) is 0 Å². The van der Waals surface area contributed by atoms with Crippen LogP contribution in [-0.4, -0.2) is 36.5 Å². The van der Waals surface area contributed by atoms with Gasteiger partial charge in [0.25, 0.3) is 0 Å². The number of hydrogen-bond donors (Lipinski definition) is 1. The molecule has 1 rings (SSSR count). The van der Waals surface area contributed by atoms with Crippen LogP contribution in [0.2, 0.25) is 0 Å². The second kappa shape index (κ2) is 4.69. The third kappa shape index (κ3) is 3.37. The number of aliphatic hydroxyl groups excluding tert-OH is 1. The molecule has 0 aliphatic carbocycles. The molecule has 0 amide bonds. The van der Waals surface area contributed by atoms with Gasteiger partial charge in [0.05, 0.1) is 0 Å². The van der Waals surface area contributed by atoms with Gasteiger partial charge in [0, 0.05) is 26.7 Å². The number of halogens is 3. The second-order valence-corrected chi connectivity index (χ2v) is 3.68. The van der Waals surface area contributed by atoms with Crippen molar-refractivity contribution in [3.8, 4) is 0 Å². The van der Waals surface area contributed by atoms with E-state index in [-0.39, 0.29) is 0 Å². The van der Waals surface area contributed by atoms with Crippen molar-refractivity contribution in [3.05, 3.63) is 23.9 Å². The molecule has 0 aliphatic heterocycles. The lowest BCUT2D eigenvalue weighted by Crippen LogP contribution is -2.30. The summed E-state index contributed by atoms with van der Waals surface area (Å²) in [4.78, 5) is 5.70. The molecule has 0 fully saturated rings. The Bertz CT molecular complexity index is 335. The Morgan fingerprint density at radius 1 is 1.38 bits per heavy atom. The number of anilines is 1. The Kier molecular flexibility index (Phi) is 3.74. The van der Waals surface area contributed by atoms with Gasteiger partial charge in [-0.05, 0) is 11.6 Å². The maximum absolute atomic E-state index is 12.1. The number of nitrogens with zero attached hydrogens (tertiary/aromatic N) is 2. The van der Waals surface area contributed by atoms with E-state index in [9.17, 15) is 13.2 Å². The molecule has 1 atom stereocenters. The minimum absolute atomic E-state index is 0.357. The van der Waals surface area contributed by atoms with Crippen LogP contribution in [0.3, 0.4) is 0 Å². The molecule has 1 unspecified atom stereocenters. The van der Waals surface area contributed by atoms with Gasteiger partial charge in [0.1, 0.15) is 5.82 Å². The first-order chi connectivity index (χ1) is 7.30. The van der Waals surface area contributed by atoms with Crippen LogP contribution in [-0.2, 0) is 6.42 Å². The monoisotopic (exact) mass is 234 g/mol. The predicted octanol–water partition coefficient (Wildman–Crippen LogP) is 1.61. The van der Waals surface area contributed by atoms with E-state index in [2.05, 4.69) is 4.98 Å². The summed E-state index contributed by atoms with van der Waals surface area (Å²) in [6.07, 6.45) is -6.05. The summed E-state index contributed by atoms with van der Waals surface area (Å²) in [6.45, 7) is 0. The van der Waals surface area contributed by atoms with E-state index >= 15 is 0 Å². The minimum atomic E-state index is -4.58. The summed E-state index contributed by atoms with van der Waals surface area (Å²) in [5.74, 6) is 0.658. The lowest BCUT2D eigenvalue weighted by atomic mass is 10.1. The highest BCUT2D eigenvalue weighted by Gasteiger charge is 2.37. The van der Waals surface area contributed by atoms with Crippen molar-refractivity contribution in [1.29, 1.82) is 0 Å². The maximum atomic E-state index is 12.1. The Labute approximate surface area is 91.5 Å². The normalized spacial score (nSPS) is 13.6. The van der Waals surface area contributed by atoms with Crippen molar-refractivity contribution in [2.45, 2.75) is 18.7 Å². The molecule has 1 aromatic heterocycles. The highest BCUT2D eigenvalue weighted by molar-refractivity contribution is 5.37. The smallest absolute Gasteiger partial charge is 0.383 e. The number of aromatic nitrogens is 1. The molecule has 0 spiro atoms. The largest absolute Gasteiger partial charge is 0.414 e. The fourth-order valence-electron chi connectivity index (χ4n) is 1.14. The van der Waals surface area contributed by atoms with Crippen LogP contribution in [0.25, 0.3) is 0 Å². The summed E-state index contributed by atoms with van der Waals surface area (Å²) in [5, 5.41) is 8.85. The van der Waals surface area contributed by atoms with Crippen molar-refractivity contribution in [3.63, 3.8) is 0 Å². The summed E-state index contributed by atoms with van der Waals surface area (Å²) in [7, 11) is 3.57. The summed E-state index contributed by atoms with van der Waals surface area (Å²) in [6, 6.07) is 3.13. The molecule has 6 heteroatoms.